The molecule has 260 valence electrons. The summed E-state index contributed by atoms with van der Waals surface area (Å²) < 4.78 is 20.3. The number of benzene rings is 4. The summed E-state index contributed by atoms with van der Waals surface area (Å²) in [6, 6.07) is 31.5. The fourth-order valence-corrected chi connectivity index (χ4v) is 6.69. The zero-order valence-corrected chi connectivity index (χ0v) is 32.9. The minimum Gasteiger partial charge on any atom is -0.550 e. The Morgan fingerprint density at radius 2 is 1.55 bits per heavy atom. The van der Waals surface area contributed by atoms with Crippen molar-refractivity contribution in [2.45, 2.75) is 38.8 Å². The number of fused-ring (bicyclic) bond motifs is 1. The smallest absolute Gasteiger partial charge is 0.550 e. The van der Waals surface area contributed by atoms with Gasteiger partial charge in [0.1, 0.15) is 11.9 Å². The van der Waals surface area contributed by atoms with E-state index in [9.17, 15) is 14.7 Å². The van der Waals surface area contributed by atoms with Gasteiger partial charge in [0, 0.05) is 79.9 Å². The number of ketones is 1. The number of hydrogen-bond acceptors (Lipinski definition) is 8. The zero-order valence-electron chi connectivity index (χ0n) is 29.8. The Labute approximate surface area is 342 Å². The molecule has 0 spiro atoms. The minimum absolute atomic E-state index is 0. The minimum atomic E-state index is -1.08. The summed E-state index contributed by atoms with van der Waals surface area (Å²) in [6.45, 7) is 7.71. The Morgan fingerprint density at radius 3 is 2.29 bits per heavy atom. The summed E-state index contributed by atoms with van der Waals surface area (Å²) in [5.74, 6) is 0.754. The molecule has 1 aliphatic heterocycles. The van der Waals surface area contributed by atoms with Crippen LogP contribution in [0.4, 0.5) is 5.69 Å². The van der Waals surface area contributed by atoms with Crippen LogP contribution < -0.4 is 75.6 Å². The molecule has 0 saturated carbocycles. The van der Waals surface area contributed by atoms with Gasteiger partial charge in [-0.3, -0.25) is 9.69 Å². The molecule has 5 aromatic rings. The number of methoxy groups -OCH3 is 1. The first-order valence-corrected chi connectivity index (χ1v) is 17.4. The van der Waals surface area contributed by atoms with Gasteiger partial charge in [-0.15, -0.1) is 0 Å². The molecule has 1 fully saturated rings. The van der Waals surface area contributed by atoms with Crippen LogP contribution in [-0.4, -0.2) is 67.7 Å². The molecular weight excluding hydrogens is 670 g/mol. The number of rotatable bonds is 16. The first-order chi connectivity index (χ1) is 24.4. The largest absolute Gasteiger partial charge is 1.00 e. The molecule has 1 atom stereocenters. The number of carbonyl (C=O) groups excluding carboxylic acids is 2. The summed E-state index contributed by atoms with van der Waals surface area (Å²) in [6.07, 6.45) is 2.74. The van der Waals surface area contributed by atoms with E-state index in [0.29, 0.717) is 42.2 Å². The van der Waals surface area contributed by atoms with Crippen LogP contribution in [0, 0.1) is 0 Å². The molecule has 0 bridgehead atoms. The first kappa shape index (κ1) is 38.6. The van der Waals surface area contributed by atoms with E-state index in [1.165, 1.54) is 0 Å². The van der Waals surface area contributed by atoms with E-state index >= 15 is 0 Å². The number of hydrogen-bond donors (Lipinski definition) is 0. The van der Waals surface area contributed by atoms with Crippen molar-refractivity contribution >= 4 is 28.3 Å². The summed E-state index contributed by atoms with van der Waals surface area (Å²) in [5, 5.41) is 11.8. The Balaban J connectivity index is 0.00000504. The number of aromatic nitrogens is 1. The number of nitrogens with zero attached hydrogens (tertiary/aromatic N) is 3. The second kappa shape index (κ2) is 18.7. The van der Waals surface area contributed by atoms with Gasteiger partial charge in [-0.25, -0.2) is 0 Å². The molecule has 1 saturated heterocycles. The van der Waals surface area contributed by atoms with Gasteiger partial charge in [0.15, 0.2) is 17.3 Å². The van der Waals surface area contributed by atoms with Gasteiger partial charge >= 0.3 is 51.4 Å². The number of aryl methyl sites for hydroxylation is 1. The fourth-order valence-electron chi connectivity index (χ4n) is 6.69. The van der Waals surface area contributed by atoms with Crippen LogP contribution in [0.3, 0.4) is 0 Å². The maximum Gasteiger partial charge on any atom is 1.00 e. The molecule has 0 amide bonds. The average Bonchev–Trinajstić information content (AvgIpc) is 3.52. The van der Waals surface area contributed by atoms with Gasteiger partial charge in [0.2, 0.25) is 0 Å². The normalized spacial score (nSPS) is 13.7. The molecule has 1 aliphatic rings. The van der Waals surface area contributed by atoms with E-state index < -0.39 is 5.97 Å². The number of piperazine rings is 1. The third-order valence-corrected chi connectivity index (χ3v) is 9.27. The quantitative estimate of drug-likeness (QED) is 0.114. The summed E-state index contributed by atoms with van der Waals surface area (Å²) in [5.41, 5.74) is 4.13. The number of aliphatic carboxylic acids is 1. The number of ether oxygens (including phenoxy) is 3. The topological polar surface area (TPSA) is 96.3 Å². The van der Waals surface area contributed by atoms with E-state index in [0.717, 1.165) is 67.0 Å². The van der Waals surface area contributed by atoms with Gasteiger partial charge < -0.3 is 33.6 Å². The van der Waals surface area contributed by atoms with Crippen LogP contribution in [0.5, 0.6) is 17.2 Å². The summed E-state index contributed by atoms with van der Waals surface area (Å²) in [7, 11) is 1.58. The fraction of sp³-hybridized carbons (Fsp3) is 0.317. The first-order valence-electron chi connectivity index (χ1n) is 17.4. The summed E-state index contributed by atoms with van der Waals surface area (Å²) in [4.78, 5) is 29.7. The van der Waals surface area contributed by atoms with E-state index in [1.807, 2.05) is 78.4 Å². The molecule has 0 aliphatic carbocycles. The van der Waals surface area contributed by atoms with Crippen LogP contribution in [0.2, 0.25) is 0 Å². The van der Waals surface area contributed by atoms with Crippen LogP contribution in [0.25, 0.3) is 10.9 Å². The number of anilines is 1. The SMILES string of the molecule is CCOc1ccccc1N1CCN(CCC(Oc2ccc(C(=O)c3cn(CCCC(=O)[O-])c4ccccc34)cc2OC)c2ccccc2)CC1.[K+]. The monoisotopic (exact) mass is 713 g/mol. The molecule has 2 heterocycles. The van der Waals surface area contributed by atoms with Crippen molar-refractivity contribution < 1.29 is 80.3 Å². The maximum atomic E-state index is 13.9. The van der Waals surface area contributed by atoms with Crippen molar-refractivity contribution in [1.29, 1.82) is 0 Å². The Hall–Kier alpha value is -3.64. The average molecular weight is 714 g/mol. The molecule has 9 nitrogen and oxygen atoms in total. The Morgan fingerprint density at radius 1 is 0.824 bits per heavy atom. The van der Waals surface area contributed by atoms with Crippen molar-refractivity contribution in [3.63, 3.8) is 0 Å². The second-order valence-electron chi connectivity index (χ2n) is 12.5. The van der Waals surface area contributed by atoms with Crippen molar-refractivity contribution in [3.05, 3.63) is 120 Å². The van der Waals surface area contributed by atoms with Gasteiger partial charge in [0.25, 0.3) is 0 Å². The van der Waals surface area contributed by atoms with E-state index in [4.69, 9.17) is 14.2 Å². The molecule has 10 heteroatoms. The van der Waals surface area contributed by atoms with Crippen molar-refractivity contribution in [1.82, 2.24) is 9.47 Å². The maximum absolute atomic E-state index is 13.9. The van der Waals surface area contributed by atoms with Crippen LogP contribution in [-0.2, 0) is 11.3 Å². The Kier molecular flexibility index (Phi) is 14.2. The third kappa shape index (κ3) is 9.62. The van der Waals surface area contributed by atoms with Crippen molar-refractivity contribution in [2.75, 3.05) is 51.3 Å². The number of carboxylic acid groups (broad SMARTS) is 1. The van der Waals surface area contributed by atoms with Crippen LogP contribution >= 0.6 is 0 Å². The molecule has 1 unspecified atom stereocenters. The van der Waals surface area contributed by atoms with Gasteiger partial charge in [-0.2, -0.15) is 0 Å². The summed E-state index contributed by atoms with van der Waals surface area (Å²) >= 11 is 0. The second-order valence-corrected chi connectivity index (χ2v) is 12.5. The van der Waals surface area contributed by atoms with Gasteiger partial charge in [-0.05, 0) is 61.7 Å². The molecule has 4 aromatic carbocycles. The van der Waals surface area contributed by atoms with Crippen LogP contribution in [0.15, 0.2) is 103 Å². The number of carbonyl (C=O) groups is 2. The molecular formula is C41H44KN3O6. The van der Waals surface area contributed by atoms with E-state index in [1.54, 1.807) is 19.2 Å². The predicted octanol–water partition coefficient (Wildman–Crippen LogP) is 3.15. The van der Waals surface area contributed by atoms with E-state index in [2.05, 4.69) is 34.1 Å². The number of carboxylic acids is 1. The molecule has 0 N–H and O–H groups in total. The third-order valence-electron chi connectivity index (χ3n) is 9.27. The van der Waals surface area contributed by atoms with Gasteiger partial charge in [0.05, 0.1) is 19.4 Å². The predicted molar refractivity (Wildman–Crippen MR) is 193 cm³/mol. The standard InChI is InChI=1S/C41H45N3O6.K/c1-3-49-37-17-10-9-16-35(37)43-26-24-42(25-27-43)23-21-36(30-12-5-4-6-13-30)50-38-20-19-31(28-39(38)48-2)41(47)33-29-44(22-11-18-40(45)46)34-15-8-7-14-32(33)34;/h4-10,12-17,19-20,28-29,36H,3,11,18,21-27H2,1-2H3,(H,45,46);/q;+1/p-1. The van der Waals surface area contributed by atoms with Crippen molar-refractivity contribution in [3.8, 4) is 17.2 Å². The van der Waals surface area contributed by atoms with E-state index in [-0.39, 0.29) is 69.7 Å². The molecule has 6 rings (SSSR count). The van der Waals surface area contributed by atoms with Crippen molar-refractivity contribution in [2.24, 2.45) is 0 Å². The zero-order chi connectivity index (χ0) is 34.9. The van der Waals surface area contributed by atoms with Crippen LogP contribution in [0.1, 0.15) is 53.8 Å². The van der Waals surface area contributed by atoms with Gasteiger partial charge in [-0.1, -0.05) is 60.7 Å². The Bertz CT molecular complexity index is 1900. The molecule has 0 radical (unpaired) electrons. The molecule has 1 aromatic heterocycles. The number of para-hydroxylation sites is 3. The molecule has 51 heavy (non-hydrogen) atoms.